The molecule has 5 rings (SSSR count). The molecule has 1 fully saturated rings. The van der Waals surface area contributed by atoms with E-state index in [4.69, 9.17) is 14.6 Å². The summed E-state index contributed by atoms with van der Waals surface area (Å²) in [5, 5.41) is 8.01. The number of carbonyl (C=O) groups excluding carboxylic acids is 1. The number of oxazole rings is 1. The highest BCUT2D eigenvalue weighted by atomic mass is 19.1. The van der Waals surface area contributed by atoms with E-state index >= 15 is 0 Å². The molecule has 3 heterocycles. The number of nitrogens with zero attached hydrogens (tertiary/aromatic N) is 4. The minimum Gasteiger partial charge on any atom is -0.446 e. The van der Waals surface area contributed by atoms with E-state index in [0.29, 0.717) is 18.9 Å². The first-order valence-electron chi connectivity index (χ1n) is 11.6. The second-order valence-electron chi connectivity index (χ2n) is 9.31. The first-order chi connectivity index (χ1) is 17.2. The molecule has 0 aliphatic carbocycles. The van der Waals surface area contributed by atoms with Crippen LogP contribution in [0.4, 0.5) is 8.78 Å². The lowest BCUT2D eigenvalue weighted by atomic mass is 9.94. The molecule has 1 aliphatic rings. The Bertz CT molecular complexity index is 1400. The van der Waals surface area contributed by atoms with Crippen LogP contribution >= 0.6 is 0 Å². The van der Waals surface area contributed by atoms with Gasteiger partial charge in [-0.2, -0.15) is 0 Å². The van der Waals surface area contributed by atoms with Gasteiger partial charge in [-0.3, -0.25) is 4.79 Å². The average Bonchev–Trinajstić information content (AvgIpc) is 3.61. The number of benzene rings is 2. The van der Waals surface area contributed by atoms with Crippen molar-refractivity contribution in [3.8, 4) is 11.5 Å². The van der Waals surface area contributed by atoms with Crippen LogP contribution in [0.5, 0.6) is 0 Å². The number of amides is 1. The highest BCUT2D eigenvalue weighted by Gasteiger charge is 2.34. The summed E-state index contributed by atoms with van der Waals surface area (Å²) in [6.07, 6.45) is 3.39. The Hall–Kier alpha value is -3.92. The third-order valence-electron chi connectivity index (χ3n) is 6.28. The van der Waals surface area contributed by atoms with Crippen molar-refractivity contribution in [2.24, 2.45) is 5.73 Å². The number of carbonyl (C=O) groups is 1. The normalized spacial score (nSPS) is 17.4. The zero-order valence-electron chi connectivity index (χ0n) is 19.9. The summed E-state index contributed by atoms with van der Waals surface area (Å²) in [7, 11) is 0. The van der Waals surface area contributed by atoms with Gasteiger partial charge < -0.3 is 19.5 Å². The van der Waals surface area contributed by atoms with Gasteiger partial charge in [0.1, 0.15) is 23.9 Å². The lowest BCUT2D eigenvalue weighted by Crippen LogP contribution is -2.35. The number of rotatable bonds is 6. The van der Waals surface area contributed by atoms with Crippen molar-refractivity contribution in [1.82, 2.24) is 20.1 Å². The molecule has 0 spiro atoms. The number of hydrogen-bond acceptors (Lipinski definition) is 7. The van der Waals surface area contributed by atoms with E-state index in [0.717, 1.165) is 24.1 Å². The predicted molar refractivity (Wildman–Crippen MR) is 126 cm³/mol. The summed E-state index contributed by atoms with van der Waals surface area (Å²) in [5.41, 5.74) is 7.13. The van der Waals surface area contributed by atoms with Crippen LogP contribution in [-0.2, 0) is 12.0 Å². The van der Waals surface area contributed by atoms with E-state index in [1.807, 2.05) is 6.92 Å². The van der Waals surface area contributed by atoms with Gasteiger partial charge >= 0.3 is 0 Å². The topological polar surface area (TPSA) is 111 Å². The number of nitrogens with two attached hydrogens (primary N) is 1. The van der Waals surface area contributed by atoms with Crippen molar-refractivity contribution in [2.45, 2.75) is 44.7 Å². The smallest absolute Gasteiger partial charge is 0.254 e. The van der Waals surface area contributed by atoms with Crippen molar-refractivity contribution in [3.05, 3.63) is 89.0 Å². The summed E-state index contributed by atoms with van der Waals surface area (Å²) in [6, 6.07) is 9.68. The molecule has 2 aromatic carbocycles. The summed E-state index contributed by atoms with van der Waals surface area (Å²) < 4.78 is 39.3. The highest BCUT2D eigenvalue weighted by Crippen LogP contribution is 2.34. The van der Waals surface area contributed by atoms with Gasteiger partial charge in [-0.05, 0) is 69.0 Å². The molecule has 2 atom stereocenters. The highest BCUT2D eigenvalue weighted by molar-refractivity contribution is 5.95. The third-order valence-corrected chi connectivity index (χ3v) is 6.28. The second-order valence-corrected chi connectivity index (χ2v) is 9.31. The van der Waals surface area contributed by atoms with Crippen molar-refractivity contribution >= 4 is 5.91 Å². The summed E-state index contributed by atoms with van der Waals surface area (Å²) in [4.78, 5) is 19.4. The molecule has 0 saturated carbocycles. The van der Waals surface area contributed by atoms with E-state index in [1.165, 1.54) is 30.3 Å². The van der Waals surface area contributed by atoms with Gasteiger partial charge in [-0.1, -0.05) is 12.1 Å². The molecule has 0 radical (unpaired) electrons. The molecule has 1 aliphatic heterocycles. The molecular weight excluding hydrogens is 468 g/mol. The molecule has 36 heavy (non-hydrogen) atoms. The Labute approximate surface area is 206 Å². The maximum absolute atomic E-state index is 14.8. The van der Waals surface area contributed by atoms with E-state index in [-0.39, 0.29) is 40.7 Å². The van der Waals surface area contributed by atoms with Gasteiger partial charge in [-0.25, -0.2) is 13.8 Å². The maximum atomic E-state index is 14.8. The number of halogens is 2. The lowest BCUT2D eigenvalue weighted by molar-refractivity contribution is 0.0715. The fourth-order valence-electron chi connectivity index (χ4n) is 4.44. The standard InChI is InChI=1S/C26H25F2N5O3/c1-15-14-35-23(30-15)21-4-3-11-33(21)24(34)17-7-10-20(28)19(12-17)22-31-32-25(36-22)26(2,29)13-16-5-8-18(27)9-6-16/h5-10,12,14,21H,3-4,11,13,29H2,1-2H3/t21-,26-/m1/s1. The largest absolute Gasteiger partial charge is 0.446 e. The first kappa shape index (κ1) is 23.8. The fourth-order valence-corrected chi connectivity index (χ4v) is 4.44. The van der Waals surface area contributed by atoms with Crippen molar-refractivity contribution in [1.29, 1.82) is 0 Å². The molecule has 0 bridgehead atoms. The molecule has 2 N–H and O–H groups in total. The number of aryl methyl sites for hydroxylation is 1. The number of hydrogen-bond donors (Lipinski definition) is 1. The first-order valence-corrected chi connectivity index (χ1v) is 11.6. The van der Waals surface area contributed by atoms with Gasteiger partial charge in [-0.15, -0.1) is 10.2 Å². The molecule has 1 amide bonds. The van der Waals surface area contributed by atoms with Gasteiger partial charge in [0, 0.05) is 12.1 Å². The summed E-state index contributed by atoms with van der Waals surface area (Å²) in [6.45, 7) is 4.06. The Morgan fingerprint density at radius 3 is 2.69 bits per heavy atom. The minimum atomic E-state index is -1.08. The van der Waals surface area contributed by atoms with Gasteiger partial charge in [0.15, 0.2) is 0 Å². The molecule has 8 nitrogen and oxygen atoms in total. The molecule has 186 valence electrons. The van der Waals surface area contributed by atoms with E-state index < -0.39 is 11.4 Å². The van der Waals surface area contributed by atoms with E-state index in [9.17, 15) is 13.6 Å². The Kier molecular flexibility index (Phi) is 6.13. The van der Waals surface area contributed by atoms with Crippen molar-refractivity contribution in [3.63, 3.8) is 0 Å². The Morgan fingerprint density at radius 1 is 1.19 bits per heavy atom. The van der Waals surface area contributed by atoms with Crippen LogP contribution in [-0.4, -0.2) is 32.5 Å². The van der Waals surface area contributed by atoms with Crippen LogP contribution in [0.25, 0.3) is 11.5 Å². The SMILES string of the molecule is Cc1coc([C@H]2CCCN2C(=O)c2ccc(F)c(-c3nnc([C@](C)(N)Cc4ccc(F)cc4)o3)c2)n1. The zero-order chi connectivity index (χ0) is 25.4. The van der Waals surface area contributed by atoms with Crippen LogP contribution in [0.15, 0.2) is 57.6 Å². The quantitative estimate of drug-likeness (QED) is 0.414. The average molecular weight is 494 g/mol. The molecule has 1 saturated heterocycles. The predicted octanol–water partition coefficient (Wildman–Crippen LogP) is 4.71. The van der Waals surface area contributed by atoms with Crippen LogP contribution in [0, 0.1) is 18.6 Å². The van der Waals surface area contributed by atoms with Crippen LogP contribution in [0.3, 0.4) is 0 Å². The van der Waals surface area contributed by atoms with Crippen molar-refractivity contribution < 1.29 is 22.4 Å². The maximum Gasteiger partial charge on any atom is 0.254 e. The van der Waals surface area contributed by atoms with Gasteiger partial charge in [0.2, 0.25) is 11.8 Å². The molecular formula is C26H25F2N5O3. The Balaban J connectivity index is 1.39. The van der Waals surface area contributed by atoms with Gasteiger partial charge in [0.05, 0.1) is 16.8 Å². The van der Waals surface area contributed by atoms with Crippen LogP contribution in [0.1, 0.15) is 59.2 Å². The summed E-state index contributed by atoms with van der Waals surface area (Å²) in [5.74, 6) is -0.732. The fraction of sp³-hybridized carbons (Fsp3) is 0.308. The van der Waals surface area contributed by atoms with E-state index in [1.54, 1.807) is 30.2 Å². The zero-order valence-corrected chi connectivity index (χ0v) is 19.9. The monoisotopic (exact) mass is 493 g/mol. The van der Waals surface area contributed by atoms with Crippen molar-refractivity contribution in [2.75, 3.05) is 6.54 Å². The molecule has 4 aromatic rings. The number of likely N-dealkylation sites (tertiary alicyclic amines) is 1. The lowest BCUT2D eigenvalue weighted by Gasteiger charge is -2.22. The van der Waals surface area contributed by atoms with E-state index in [2.05, 4.69) is 15.2 Å². The third kappa shape index (κ3) is 4.64. The Morgan fingerprint density at radius 2 is 1.97 bits per heavy atom. The second kappa shape index (κ2) is 9.27. The minimum absolute atomic E-state index is 0.0000952. The molecule has 0 unspecified atom stereocenters. The van der Waals surface area contributed by atoms with Crippen LogP contribution in [0.2, 0.25) is 0 Å². The molecule has 2 aromatic heterocycles. The number of aromatic nitrogens is 3. The molecule has 10 heteroatoms. The van der Waals surface area contributed by atoms with Gasteiger partial charge in [0.25, 0.3) is 11.8 Å². The van der Waals surface area contributed by atoms with Crippen LogP contribution < -0.4 is 5.73 Å². The summed E-state index contributed by atoms with van der Waals surface area (Å²) >= 11 is 0.